The van der Waals surface area contributed by atoms with Crippen LogP contribution in [0.15, 0.2) is 18.2 Å². The molecule has 14 heavy (non-hydrogen) atoms. The van der Waals surface area contributed by atoms with Crippen LogP contribution in [0.2, 0.25) is 0 Å². The highest BCUT2D eigenvalue weighted by molar-refractivity contribution is 5.65. The maximum absolute atomic E-state index is 10.8. The summed E-state index contributed by atoms with van der Waals surface area (Å²) in [7, 11) is 1.61. The number of hydrogen-bond donors (Lipinski definition) is 0. The fourth-order valence-electron chi connectivity index (χ4n) is 1.67. The van der Waals surface area contributed by atoms with Gasteiger partial charge in [-0.3, -0.25) is 0 Å². The van der Waals surface area contributed by atoms with E-state index in [0.29, 0.717) is 6.61 Å². The molecule has 0 bridgehead atoms. The molecule has 0 N–H and O–H groups in total. The normalized spacial score (nSPS) is 19.4. The van der Waals surface area contributed by atoms with Crippen LogP contribution in [0.4, 0.5) is 0 Å². The van der Waals surface area contributed by atoms with Crippen LogP contribution in [-0.2, 0) is 4.79 Å². The first-order valence-corrected chi connectivity index (χ1v) is 4.61. The van der Waals surface area contributed by atoms with E-state index >= 15 is 0 Å². The molecule has 1 unspecified atom stereocenters. The Kier molecular flexibility index (Phi) is 2.39. The summed E-state index contributed by atoms with van der Waals surface area (Å²) in [6.45, 7) is 0.601. The Bertz CT molecular complexity index is 346. The van der Waals surface area contributed by atoms with Crippen LogP contribution in [0, 0.1) is 0 Å². The van der Waals surface area contributed by atoms with Gasteiger partial charge in [-0.1, -0.05) is 6.07 Å². The molecule has 3 nitrogen and oxygen atoms in total. The third kappa shape index (κ3) is 1.45. The molecule has 2 rings (SSSR count). The fourth-order valence-corrected chi connectivity index (χ4v) is 1.67. The summed E-state index contributed by atoms with van der Waals surface area (Å²) in [5.74, 6) is 1.51. The van der Waals surface area contributed by atoms with E-state index in [0.717, 1.165) is 29.8 Å². The van der Waals surface area contributed by atoms with Crippen molar-refractivity contribution in [3.63, 3.8) is 0 Å². The highest BCUT2D eigenvalue weighted by atomic mass is 16.5. The first-order valence-electron chi connectivity index (χ1n) is 4.61. The molecule has 1 atom stereocenters. The quantitative estimate of drug-likeness (QED) is 0.670. The standard InChI is InChI=1S/C11H12O3/c1-13-9-2-3-10-8(7-12)4-5-14-11(10)6-9/h2-3,6-8H,4-5H2,1H3. The zero-order chi connectivity index (χ0) is 9.97. The summed E-state index contributed by atoms with van der Waals surface area (Å²) in [6.07, 6.45) is 1.75. The van der Waals surface area contributed by atoms with E-state index in [1.54, 1.807) is 7.11 Å². The summed E-state index contributed by atoms with van der Waals surface area (Å²) in [4.78, 5) is 10.8. The average molecular weight is 192 g/mol. The van der Waals surface area contributed by atoms with Crippen LogP contribution in [-0.4, -0.2) is 20.0 Å². The van der Waals surface area contributed by atoms with Gasteiger partial charge in [-0.05, 0) is 12.5 Å². The number of hydrogen-bond acceptors (Lipinski definition) is 3. The molecule has 74 valence electrons. The van der Waals surface area contributed by atoms with Crippen molar-refractivity contribution in [2.75, 3.05) is 13.7 Å². The molecule has 0 spiro atoms. The van der Waals surface area contributed by atoms with Gasteiger partial charge in [-0.25, -0.2) is 0 Å². The van der Waals surface area contributed by atoms with E-state index in [1.807, 2.05) is 18.2 Å². The number of carbonyl (C=O) groups is 1. The maximum Gasteiger partial charge on any atom is 0.127 e. The summed E-state index contributed by atoms with van der Waals surface area (Å²) < 4.78 is 10.5. The molecule has 0 fully saturated rings. The van der Waals surface area contributed by atoms with Gasteiger partial charge in [0.1, 0.15) is 17.8 Å². The number of methoxy groups -OCH3 is 1. The second kappa shape index (κ2) is 3.70. The number of aldehydes is 1. The van der Waals surface area contributed by atoms with Crippen molar-refractivity contribution in [2.45, 2.75) is 12.3 Å². The number of benzene rings is 1. The smallest absolute Gasteiger partial charge is 0.127 e. The van der Waals surface area contributed by atoms with Crippen molar-refractivity contribution in [2.24, 2.45) is 0 Å². The number of carbonyl (C=O) groups excluding carboxylic acids is 1. The van der Waals surface area contributed by atoms with Crippen LogP contribution >= 0.6 is 0 Å². The first kappa shape index (κ1) is 9.06. The highest BCUT2D eigenvalue weighted by Gasteiger charge is 2.20. The molecule has 1 heterocycles. The second-order valence-electron chi connectivity index (χ2n) is 3.28. The van der Waals surface area contributed by atoms with Crippen LogP contribution in [0.5, 0.6) is 11.5 Å². The van der Waals surface area contributed by atoms with Crippen LogP contribution in [0.25, 0.3) is 0 Å². The van der Waals surface area contributed by atoms with E-state index in [1.165, 1.54) is 0 Å². The molecule has 0 radical (unpaired) electrons. The fraction of sp³-hybridized carbons (Fsp3) is 0.364. The van der Waals surface area contributed by atoms with Crippen LogP contribution in [0.1, 0.15) is 17.9 Å². The van der Waals surface area contributed by atoms with Gasteiger partial charge in [0.15, 0.2) is 0 Å². The summed E-state index contributed by atoms with van der Waals surface area (Å²) in [6, 6.07) is 5.57. The second-order valence-corrected chi connectivity index (χ2v) is 3.28. The molecule has 1 aliphatic heterocycles. The lowest BCUT2D eigenvalue weighted by Crippen LogP contribution is -2.14. The lowest BCUT2D eigenvalue weighted by Gasteiger charge is -2.22. The zero-order valence-electron chi connectivity index (χ0n) is 8.03. The lowest BCUT2D eigenvalue weighted by atomic mass is 9.94. The molecule has 0 amide bonds. The van der Waals surface area contributed by atoms with E-state index in [-0.39, 0.29) is 5.92 Å². The highest BCUT2D eigenvalue weighted by Crippen LogP contribution is 2.34. The molecule has 0 aromatic heterocycles. The Morgan fingerprint density at radius 2 is 2.43 bits per heavy atom. The Hall–Kier alpha value is -1.51. The Balaban J connectivity index is 2.40. The predicted octanol–water partition coefficient (Wildman–Crippen LogP) is 1.76. The molecule has 1 aliphatic rings. The zero-order valence-corrected chi connectivity index (χ0v) is 8.03. The third-order valence-corrected chi connectivity index (χ3v) is 2.47. The lowest BCUT2D eigenvalue weighted by molar-refractivity contribution is -0.109. The maximum atomic E-state index is 10.8. The average Bonchev–Trinajstić information content (AvgIpc) is 2.27. The van der Waals surface area contributed by atoms with Crippen LogP contribution < -0.4 is 9.47 Å². The minimum absolute atomic E-state index is 0.0235. The molecule has 0 saturated carbocycles. The first-order chi connectivity index (χ1) is 6.85. The van der Waals surface area contributed by atoms with Crippen molar-refractivity contribution in [3.8, 4) is 11.5 Å². The van der Waals surface area contributed by atoms with E-state index in [9.17, 15) is 4.79 Å². The third-order valence-electron chi connectivity index (χ3n) is 2.47. The molecule has 0 aliphatic carbocycles. The van der Waals surface area contributed by atoms with Crippen molar-refractivity contribution >= 4 is 6.29 Å². The van der Waals surface area contributed by atoms with E-state index in [4.69, 9.17) is 9.47 Å². The Morgan fingerprint density at radius 1 is 1.57 bits per heavy atom. The number of ether oxygens (including phenoxy) is 2. The summed E-state index contributed by atoms with van der Waals surface area (Å²) in [5, 5.41) is 0. The van der Waals surface area contributed by atoms with Crippen molar-refractivity contribution in [1.29, 1.82) is 0 Å². The topological polar surface area (TPSA) is 35.5 Å². The predicted molar refractivity (Wildman–Crippen MR) is 51.9 cm³/mol. The number of fused-ring (bicyclic) bond motifs is 1. The summed E-state index contributed by atoms with van der Waals surface area (Å²) >= 11 is 0. The van der Waals surface area contributed by atoms with Crippen molar-refractivity contribution < 1.29 is 14.3 Å². The monoisotopic (exact) mass is 192 g/mol. The molecular formula is C11H12O3. The molecule has 1 aromatic rings. The van der Waals surface area contributed by atoms with Gasteiger partial charge in [0, 0.05) is 17.5 Å². The van der Waals surface area contributed by atoms with Crippen LogP contribution in [0.3, 0.4) is 0 Å². The molecular weight excluding hydrogens is 180 g/mol. The van der Waals surface area contributed by atoms with Gasteiger partial charge < -0.3 is 14.3 Å². The van der Waals surface area contributed by atoms with Gasteiger partial charge in [0.25, 0.3) is 0 Å². The van der Waals surface area contributed by atoms with Gasteiger partial charge in [-0.15, -0.1) is 0 Å². The minimum atomic E-state index is -0.0235. The van der Waals surface area contributed by atoms with Gasteiger partial charge in [0.05, 0.1) is 13.7 Å². The van der Waals surface area contributed by atoms with E-state index < -0.39 is 0 Å². The largest absolute Gasteiger partial charge is 0.497 e. The Morgan fingerprint density at radius 3 is 3.14 bits per heavy atom. The van der Waals surface area contributed by atoms with Crippen molar-refractivity contribution in [3.05, 3.63) is 23.8 Å². The Labute approximate surface area is 82.6 Å². The van der Waals surface area contributed by atoms with E-state index in [2.05, 4.69) is 0 Å². The minimum Gasteiger partial charge on any atom is -0.497 e. The van der Waals surface area contributed by atoms with Gasteiger partial charge in [-0.2, -0.15) is 0 Å². The SMILES string of the molecule is COc1ccc2c(c1)OCCC2C=O. The molecule has 3 heteroatoms. The molecule has 0 saturated heterocycles. The van der Waals surface area contributed by atoms with Gasteiger partial charge in [0.2, 0.25) is 0 Å². The summed E-state index contributed by atoms with van der Waals surface area (Å²) in [5.41, 5.74) is 0.965. The van der Waals surface area contributed by atoms with Gasteiger partial charge >= 0.3 is 0 Å². The molecule has 1 aromatic carbocycles. The number of rotatable bonds is 2. The van der Waals surface area contributed by atoms with Crippen molar-refractivity contribution in [1.82, 2.24) is 0 Å².